The van der Waals surface area contributed by atoms with Gasteiger partial charge in [0.25, 0.3) is 0 Å². The van der Waals surface area contributed by atoms with Gasteiger partial charge < -0.3 is 9.90 Å². The molecule has 0 aliphatic heterocycles. The van der Waals surface area contributed by atoms with Crippen LogP contribution in [0, 0.1) is 5.92 Å². The molecular formula is C18H22O2Si. The number of hydrogen-bond acceptors (Lipinski definition) is 2. The molecule has 0 radical (unpaired) electrons. The van der Waals surface area contributed by atoms with Crippen LogP contribution in [-0.2, 0) is 4.79 Å². The van der Waals surface area contributed by atoms with E-state index in [1.165, 1.54) is 0 Å². The molecule has 2 nitrogen and oxygen atoms in total. The Morgan fingerprint density at radius 2 is 1.43 bits per heavy atom. The molecule has 0 saturated carbocycles. The van der Waals surface area contributed by atoms with Crippen LogP contribution in [0.4, 0.5) is 0 Å². The summed E-state index contributed by atoms with van der Waals surface area (Å²) in [6.07, 6.45) is -0.741. The summed E-state index contributed by atoms with van der Waals surface area (Å²) in [6.45, 7) is 5.94. The van der Waals surface area contributed by atoms with Gasteiger partial charge in [-0.2, -0.15) is 0 Å². The van der Waals surface area contributed by atoms with Gasteiger partial charge in [-0.15, -0.1) is 0 Å². The van der Waals surface area contributed by atoms with Gasteiger partial charge in [0.05, 0.1) is 6.10 Å². The number of carbonyl (C=O) groups is 1. The Kier molecular flexibility index (Phi) is 4.75. The summed E-state index contributed by atoms with van der Waals surface area (Å²) in [5.74, 6) is -0.394. The third-order valence-electron chi connectivity index (χ3n) is 4.14. The normalized spacial score (nSPS) is 14.5. The van der Waals surface area contributed by atoms with Crippen molar-refractivity contribution in [2.75, 3.05) is 0 Å². The molecule has 3 heteroatoms. The molecule has 110 valence electrons. The molecule has 0 aliphatic rings. The van der Waals surface area contributed by atoms with Crippen molar-refractivity contribution in [1.29, 1.82) is 0 Å². The number of aliphatic hydroxyl groups is 1. The van der Waals surface area contributed by atoms with Gasteiger partial charge in [-0.1, -0.05) is 85.9 Å². The molecule has 0 saturated heterocycles. The summed E-state index contributed by atoms with van der Waals surface area (Å²) in [5, 5.41) is 11.8. The van der Waals surface area contributed by atoms with Crippen LogP contribution >= 0.6 is 0 Å². The Morgan fingerprint density at radius 1 is 0.952 bits per heavy atom. The van der Waals surface area contributed by atoms with Gasteiger partial charge in [0.1, 0.15) is 5.41 Å². The van der Waals surface area contributed by atoms with Crippen molar-refractivity contribution in [3.63, 3.8) is 0 Å². The number of rotatable bonds is 5. The maximum atomic E-state index is 12.9. The van der Waals surface area contributed by atoms with Crippen LogP contribution in [0.25, 0.3) is 0 Å². The van der Waals surface area contributed by atoms with Crippen LogP contribution in [0.2, 0.25) is 13.1 Å². The van der Waals surface area contributed by atoms with Crippen molar-refractivity contribution in [2.24, 2.45) is 5.92 Å². The number of carbonyl (C=O) groups excluding carboxylic acids is 1. The molecule has 0 aromatic heterocycles. The monoisotopic (exact) mass is 298 g/mol. The molecule has 21 heavy (non-hydrogen) atoms. The highest BCUT2D eigenvalue weighted by molar-refractivity contribution is 7.13. The van der Waals surface area contributed by atoms with Crippen molar-refractivity contribution in [1.82, 2.24) is 0 Å². The predicted octanol–water partition coefficient (Wildman–Crippen LogP) is 3.08. The SMILES string of the molecule is C[C@@H](C(=O)[Si](C)(C)c1ccccc1)[C@@H](O)c1ccccc1. The lowest BCUT2D eigenvalue weighted by Crippen LogP contribution is -2.53. The third kappa shape index (κ3) is 3.31. The molecule has 2 aromatic carbocycles. The highest BCUT2D eigenvalue weighted by Gasteiger charge is 2.38. The van der Waals surface area contributed by atoms with Gasteiger partial charge in [0, 0.05) is 5.92 Å². The molecule has 0 amide bonds. The Bertz CT molecular complexity index is 593. The highest BCUT2D eigenvalue weighted by atomic mass is 28.3. The van der Waals surface area contributed by atoms with Crippen molar-refractivity contribution in [3.05, 3.63) is 66.2 Å². The summed E-state index contributed by atoms with van der Waals surface area (Å²) in [6, 6.07) is 19.3. The van der Waals surface area contributed by atoms with Gasteiger partial charge in [-0.25, -0.2) is 0 Å². The second kappa shape index (κ2) is 6.37. The van der Waals surface area contributed by atoms with E-state index >= 15 is 0 Å². The van der Waals surface area contributed by atoms with Gasteiger partial charge in [-0.05, 0) is 5.56 Å². The van der Waals surface area contributed by atoms with Crippen molar-refractivity contribution in [3.8, 4) is 0 Å². The zero-order chi connectivity index (χ0) is 15.5. The first-order chi connectivity index (χ1) is 9.94. The zero-order valence-corrected chi connectivity index (χ0v) is 13.8. The summed E-state index contributed by atoms with van der Waals surface area (Å²) < 4.78 is 0. The van der Waals surface area contributed by atoms with Crippen molar-refractivity contribution < 1.29 is 9.90 Å². The third-order valence-corrected chi connectivity index (χ3v) is 7.60. The first-order valence-corrected chi connectivity index (χ1v) is 10.3. The van der Waals surface area contributed by atoms with E-state index in [0.29, 0.717) is 0 Å². The fourth-order valence-corrected chi connectivity index (χ4v) is 5.26. The fraction of sp³-hybridized carbons (Fsp3) is 0.278. The van der Waals surface area contributed by atoms with E-state index in [-0.39, 0.29) is 5.41 Å². The van der Waals surface area contributed by atoms with Gasteiger partial charge >= 0.3 is 0 Å². The molecule has 0 unspecified atom stereocenters. The molecule has 2 rings (SSSR count). The lowest BCUT2D eigenvalue weighted by molar-refractivity contribution is -0.118. The molecule has 2 atom stereocenters. The van der Waals surface area contributed by atoms with Gasteiger partial charge in [0.15, 0.2) is 8.07 Å². The minimum atomic E-state index is -2.24. The van der Waals surface area contributed by atoms with Crippen LogP contribution in [0.1, 0.15) is 18.6 Å². The maximum absolute atomic E-state index is 12.9. The Labute approximate surface area is 127 Å². The second-order valence-corrected chi connectivity index (χ2v) is 10.3. The Hall–Kier alpha value is -1.71. The second-order valence-electron chi connectivity index (χ2n) is 6.00. The lowest BCUT2D eigenvalue weighted by Gasteiger charge is -2.28. The largest absolute Gasteiger partial charge is 0.388 e. The topological polar surface area (TPSA) is 37.3 Å². The summed E-state index contributed by atoms with van der Waals surface area (Å²) in [4.78, 5) is 12.9. The molecule has 0 fully saturated rings. The van der Waals surface area contributed by atoms with E-state index in [1.54, 1.807) is 0 Å². The summed E-state index contributed by atoms with van der Waals surface area (Å²) >= 11 is 0. The Morgan fingerprint density at radius 3 is 1.95 bits per heavy atom. The molecule has 2 aromatic rings. The molecule has 0 heterocycles. The van der Waals surface area contributed by atoms with Crippen LogP contribution in [0.5, 0.6) is 0 Å². The molecule has 0 aliphatic carbocycles. The number of hydrogen-bond donors (Lipinski definition) is 1. The first kappa shape index (κ1) is 15.7. The van der Waals surface area contributed by atoms with E-state index in [2.05, 4.69) is 13.1 Å². The van der Waals surface area contributed by atoms with Crippen molar-refractivity contribution >= 4 is 18.7 Å². The van der Waals surface area contributed by atoms with E-state index < -0.39 is 20.1 Å². The standard InChI is InChI=1S/C18H22O2Si/c1-14(17(19)15-10-6-4-7-11-15)18(20)21(2,3)16-12-8-5-9-13-16/h4-14,17,19H,1-3H3/t14-,17-/m1/s1. The van der Waals surface area contributed by atoms with Gasteiger partial charge in [-0.3, -0.25) is 0 Å². The smallest absolute Gasteiger partial charge is 0.157 e. The van der Waals surface area contributed by atoms with Crippen molar-refractivity contribution in [2.45, 2.75) is 26.1 Å². The van der Waals surface area contributed by atoms with E-state index in [9.17, 15) is 9.90 Å². The Balaban J connectivity index is 2.23. The van der Waals surface area contributed by atoms with Crippen LogP contribution in [-0.4, -0.2) is 18.6 Å². The average Bonchev–Trinajstić information content (AvgIpc) is 2.54. The molecule has 1 N–H and O–H groups in total. The average molecular weight is 298 g/mol. The maximum Gasteiger partial charge on any atom is 0.157 e. The van der Waals surface area contributed by atoms with Gasteiger partial charge in [0.2, 0.25) is 0 Å². The van der Waals surface area contributed by atoms with E-state index in [4.69, 9.17) is 0 Å². The number of benzene rings is 2. The lowest BCUT2D eigenvalue weighted by atomic mass is 9.99. The first-order valence-electron chi connectivity index (χ1n) is 7.27. The zero-order valence-electron chi connectivity index (χ0n) is 12.8. The minimum absolute atomic E-state index is 0.185. The predicted molar refractivity (Wildman–Crippen MR) is 89.1 cm³/mol. The fourth-order valence-electron chi connectivity index (χ4n) is 2.65. The van der Waals surface area contributed by atoms with Crippen LogP contribution < -0.4 is 5.19 Å². The van der Waals surface area contributed by atoms with Crippen LogP contribution in [0.15, 0.2) is 60.7 Å². The summed E-state index contributed by atoms with van der Waals surface area (Å²) in [7, 11) is -2.24. The van der Waals surface area contributed by atoms with E-state index in [0.717, 1.165) is 10.8 Å². The highest BCUT2D eigenvalue weighted by Crippen LogP contribution is 2.25. The summed E-state index contributed by atoms with van der Waals surface area (Å²) in [5.41, 5.74) is 0.802. The molecular weight excluding hydrogens is 276 g/mol. The van der Waals surface area contributed by atoms with Crippen LogP contribution in [0.3, 0.4) is 0 Å². The molecule has 0 spiro atoms. The quantitative estimate of drug-likeness (QED) is 0.861. The minimum Gasteiger partial charge on any atom is -0.388 e. The van der Waals surface area contributed by atoms with E-state index in [1.807, 2.05) is 67.6 Å². The molecule has 0 bridgehead atoms. The number of aliphatic hydroxyl groups excluding tert-OH is 1.